The minimum absolute atomic E-state index is 0.178. The van der Waals surface area contributed by atoms with Crippen molar-refractivity contribution in [3.63, 3.8) is 0 Å². The Hall–Kier alpha value is -3.41. The molecule has 126 valence electrons. The van der Waals surface area contributed by atoms with Crippen LogP contribution in [0.1, 0.15) is 16.1 Å². The van der Waals surface area contributed by atoms with Gasteiger partial charge in [0.25, 0.3) is 5.91 Å². The van der Waals surface area contributed by atoms with Crippen molar-refractivity contribution in [1.29, 1.82) is 0 Å². The number of imidazole rings is 1. The number of amides is 1. The van der Waals surface area contributed by atoms with Gasteiger partial charge in [-0.15, -0.1) is 0 Å². The van der Waals surface area contributed by atoms with E-state index in [1.807, 2.05) is 60.7 Å². The van der Waals surface area contributed by atoms with E-state index in [9.17, 15) is 9.59 Å². The van der Waals surface area contributed by atoms with Crippen LogP contribution in [0.4, 0.5) is 0 Å². The molecule has 3 rings (SSSR count). The third kappa shape index (κ3) is 4.32. The summed E-state index contributed by atoms with van der Waals surface area (Å²) >= 11 is 0. The van der Waals surface area contributed by atoms with Crippen LogP contribution in [0.5, 0.6) is 0 Å². The van der Waals surface area contributed by atoms with E-state index in [1.54, 1.807) is 10.9 Å². The maximum absolute atomic E-state index is 12.3. The Morgan fingerprint density at radius 3 is 2.40 bits per heavy atom. The van der Waals surface area contributed by atoms with Crippen molar-refractivity contribution in [2.45, 2.75) is 6.61 Å². The molecule has 0 aliphatic heterocycles. The van der Waals surface area contributed by atoms with Gasteiger partial charge in [0.2, 0.25) is 0 Å². The summed E-state index contributed by atoms with van der Waals surface area (Å²) in [4.78, 5) is 28.1. The number of benzene rings is 2. The topological polar surface area (TPSA) is 73.2 Å². The average molecular weight is 335 g/mol. The van der Waals surface area contributed by atoms with Gasteiger partial charge in [0.1, 0.15) is 18.8 Å². The summed E-state index contributed by atoms with van der Waals surface area (Å²) in [5.74, 6) is -0.888. The first kappa shape index (κ1) is 16.4. The number of nitrogens with one attached hydrogen (secondary N) is 1. The lowest BCUT2D eigenvalue weighted by atomic mass is 10.2. The number of nitrogens with zero attached hydrogens (tertiary/aromatic N) is 2. The molecule has 0 fully saturated rings. The highest BCUT2D eigenvalue weighted by Crippen LogP contribution is 2.10. The summed E-state index contributed by atoms with van der Waals surface area (Å²) in [6.07, 6.45) is 3.01. The normalized spacial score (nSPS) is 10.2. The lowest BCUT2D eigenvalue weighted by molar-refractivity contribution is -0.143. The van der Waals surface area contributed by atoms with Crippen molar-refractivity contribution in [1.82, 2.24) is 14.9 Å². The van der Waals surface area contributed by atoms with Crippen LogP contribution >= 0.6 is 0 Å². The zero-order valence-electron chi connectivity index (χ0n) is 13.5. The monoisotopic (exact) mass is 335 g/mol. The van der Waals surface area contributed by atoms with Crippen molar-refractivity contribution in [3.05, 3.63) is 84.4 Å². The number of aromatic nitrogens is 2. The summed E-state index contributed by atoms with van der Waals surface area (Å²) in [7, 11) is 0. The Kier molecular flexibility index (Phi) is 5.21. The fourth-order valence-corrected chi connectivity index (χ4v) is 2.29. The summed E-state index contributed by atoms with van der Waals surface area (Å²) in [6.45, 7) is -0.0247. The molecule has 25 heavy (non-hydrogen) atoms. The SMILES string of the molecule is O=C(CNC(=O)c1cncn1-c1ccccc1)OCc1ccccc1. The molecule has 1 amide bonds. The largest absolute Gasteiger partial charge is 0.460 e. The van der Waals surface area contributed by atoms with E-state index >= 15 is 0 Å². The molecule has 0 atom stereocenters. The smallest absolute Gasteiger partial charge is 0.325 e. The highest BCUT2D eigenvalue weighted by Gasteiger charge is 2.14. The number of hydrogen-bond donors (Lipinski definition) is 1. The van der Waals surface area contributed by atoms with Crippen molar-refractivity contribution >= 4 is 11.9 Å². The summed E-state index contributed by atoms with van der Waals surface area (Å²) in [5.41, 5.74) is 2.06. The molecule has 0 aliphatic rings. The maximum atomic E-state index is 12.3. The van der Waals surface area contributed by atoms with Gasteiger partial charge in [-0.2, -0.15) is 0 Å². The molecule has 0 bridgehead atoms. The molecular formula is C19H17N3O3. The summed E-state index contributed by atoms with van der Waals surface area (Å²) in [5, 5.41) is 2.56. The van der Waals surface area contributed by atoms with Crippen molar-refractivity contribution in [2.24, 2.45) is 0 Å². The molecule has 0 saturated heterocycles. The number of rotatable bonds is 6. The van der Waals surface area contributed by atoms with Crippen molar-refractivity contribution in [3.8, 4) is 5.69 Å². The second-order valence-electron chi connectivity index (χ2n) is 5.31. The molecule has 1 aromatic heterocycles. The van der Waals surface area contributed by atoms with E-state index in [2.05, 4.69) is 10.3 Å². The Morgan fingerprint density at radius 2 is 1.68 bits per heavy atom. The third-order valence-electron chi connectivity index (χ3n) is 3.54. The van der Waals surface area contributed by atoms with Crippen LogP contribution in [0.2, 0.25) is 0 Å². The molecule has 6 heteroatoms. The molecule has 0 saturated carbocycles. The average Bonchev–Trinajstić information content (AvgIpc) is 3.16. The van der Waals surface area contributed by atoms with Gasteiger partial charge >= 0.3 is 5.97 Å². The molecule has 1 N–H and O–H groups in total. The zero-order valence-corrected chi connectivity index (χ0v) is 13.5. The first-order valence-corrected chi connectivity index (χ1v) is 7.79. The molecule has 2 aromatic carbocycles. The zero-order chi connectivity index (χ0) is 17.5. The first-order chi connectivity index (χ1) is 12.2. The molecule has 0 aliphatic carbocycles. The van der Waals surface area contributed by atoms with Gasteiger partial charge in [-0.25, -0.2) is 4.98 Å². The van der Waals surface area contributed by atoms with E-state index in [1.165, 1.54) is 6.20 Å². The number of hydrogen-bond acceptors (Lipinski definition) is 4. The molecule has 0 unspecified atom stereocenters. The van der Waals surface area contributed by atoms with Crippen molar-refractivity contribution in [2.75, 3.05) is 6.54 Å². The second-order valence-corrected chi connectivity index (χ2v) is 5.31. The first-order valence-electron chi connectivity index (χ1n) is 7.79. The number of carbonyl (C=O) groups is 2. The van der Waals surface area contributed by atoms with Crippen LogP contribution in [0.3, 0.4) is 0 Å². The van der Waals surface area contributed by atoms with Crippen LogP contribution in [0.25, 0.3) is 5.69 Å². The fraction of sp³-hybridized carbons (Fsp3) is 0.105. The summed E-state index contributed by atoms with van der Waals surface area (Å²) in [6, 6.07) is 18.7. The predicted octanol–water partition coefficient (Wildman–Crippen LogP) is 2.35. The van der Waals surface area contributed by atoms with Crippen LogP contribution in [0.15, 0.2) is 73.2 Å². The van der Waals surface area contributed by atoms with E-state index < -0.39 is 11.9 Å². The Labute approximate surface area is 145 Å². The lowest BCUT2D eigenvalue weighted by Crippen LogP contribution is -2.31. The lowest BCUT2D eigenvalue weighted by Gasteiger charge is -2.09. The summed E-state index contributed by atoms with van der Waals surface area (Å²) < 4.78 is 6.79. The van der Waals surface area contributed by atoms with E-state index in [4.69, 9.17) is 4.74 Å². The molecular weight excluding hydrogens is 318 g/mol. The van der Waals surface area contributed by atoms with Gasteiger partial charge in [-0.05, 0) is 17.7 Å². The highest BCUT2D eigenvalue weighted by molar-refractivity contribution is 5.94. The van der Waals surface area contributed by atoms with Crippen LogP contribution < -0.4 is 5.32 Å². The molecule has 6 nitrogen and oxygen atoms in total. The van der Waals surface area contributed by atoms with Gasteiger partial charge in [0.15, 0.2) is 0 Å². The third-order valence-corrected chi connectivity index (χ3v) is 3.54. The van der Waals surface area contributed by atoms with Gasteiger partial charge in [0.05, 0.1) is 12.5 Å². The fourth-order valence-electron chi connectivity index (χ4n) is 2.29. The molecule has 0 spiro atoms. The molecule has 0 radical (unpaired) electrons. The van der Waals surface area contributed by atoms with Gasteiger partial charge < -0.3 is 10.1 Å². The number of ether oxygens (including phenoxy) is 1. The van der Waals surface area contributed by atoms with E-state index in [0.29, 0.717) is 5.69 Å². The molecule has 3 aromatic rings. The van der Waals surface area contributed by atoms with Gasteiger partial charge in [-0.1, -0.05) is 48.5 Å². The minimum Gasteiger partial charge on any atom is -0.460 e. The highest BCUT2D eigenvalue weighted by atomic mass is 16.5. The number of para-hydroxylation sites is 1. The second kappa shape index (κ2) is 7.92. The van der Waals surface area contributed by atoms with E-state index in [-0.39, 0.29) is 13.2 Å². The number of esters is 1. The Morgan fingerprint density at radius 1 is 1.00 bits per heavy atom. The predicted molar refractivity (Wildman–Crippen MR) is 92.1 cm³/mol. The van der Waals surface area contributed by atoms with Crippen molar-refractivity contribution < 1.29 is 14.3 Å². The Balaban J connectivity index is 1.55. The van der Waals surface area contributed by atoms with E-state index in [0.717, 1.165) is 11.3 Å². The standard InChI is InChI=1S/C19H17N3O3/c23-18(25-13-15-7-3-1-4-8-15)12-21-19(24)17-11-20-14-22(17)16-9-5-2-6-10-16/h1-11,14H,12-13H2,(H,21,24). The van der Waals surface area contributed by atoms with Crippen LogP contribution in [-0.2, 0) is 16.1 Å². The number of carbonyl (C=O) groups excluding carboxylic acids is 2. The minimum atomic E-state index is -0.497. The van der Waals surface area contributed by atoms with Gasteiger partial charge in [-0.3, -0.25) is 14.2 Å². The van der Waals surface area contributed by atoms with Crippen LogP contribution in [0, 0.1) is 0 Å². The quantitative estimate of drug-likeness (QED) is 0.702. The Bertz CT molecular complexity index is 845. The van der Waals surface area contributed by atoms with Gasteiger partial charge in [0, 0.05) is 5.69 Å². The maximum Gasteiger partial charge on any atom is 0.325 e. The van der Waals surface area contributed by atoms with Crippen LogP contribution in [-0.4, -0.2) is 28.0 Å². The molecule has 1 heterocycles.